The van der Waals surface area contributed by atoms with Crippen molar-refractivity contribution in [1.29, 1.82) is 5.26 Å². The molecule has 1 heterocycles. The minimum absolute atomic E-state index is 0.00431. The molecule has 0 saturated carbocycles. The molecule has 0 fully saturated rings. The summed E-state index contributed by atoms with van der Waals surface area (Å²) in [6, 6.07) is 5.61. The van der Waals surface area contributed by atoms with E-state index < -0.39 is 5.41 Å². The lowest BCUT2D eigenvalue weighted by Gasteiger charge is -2.16. The number of rotatable bonds is 1. The molecule has 1 N–H and O–H groups in total. The highest BCUT2D eigenvalue weighted by atomic mass is 16.4. The molecule has 0 unspecified atom stereocenters. The number of oxazole rings is 1. The van der Waals surface area contributed by atoms with Gasteiger partial charge in [-0.25, -0.2) is 4.98 Å². The zero-order valence-corrected chi connectivity index (χ0v) is 9.40. The third-order valence-corrected chi connectivity index (χ3v) is 2.59. The van der Waals surface area contributed by atoms with E-state index in [1.54, 1.807) is 32.9 Å². The fourth-order valence-corrected chi connectivity index (χ4v) is 1.65. The number of aromatic hydroxyl groups is 1. The molecule has 4 heteroatoms. The van der Waals surface area contributed by atoms with Crippen molar-refractivity contribution in [2.24, 2.45) is 0 Å². The van der Waals surface area contributed by atoms with Crippen molar-refractivity contribution in [2.75, 3.05) is 0 Å². The second-order valence-corrected chi connectivity index (χ2v) is 4.28. The fourth-order valence-electron chi connectivity index (χ4n) is 1.65. The number of hydrogen-bond acceptors (Lipinski definition) is 4. The average Bonchev–Trinajstić information content (AvgIpc) is 2.60. The van der Waals surface area contributed by atoms with E-state index >= 15 is 0 Å². The number of nitrogens with zero attached hydrogens (tertiary/aromatic N) is 2. The number of phenols is 1. The molecule has 0 bridgehead atoms. The van der Waals surface area contributed by atoms with Gasteiger partial charge in [0, 0.05) is 12.5 Å². The van der Waals surface area contributed by atoms with Crippen molar-refractivity contribution in [2.45, 2.75) is 26.2 Å². The molecule has 82 valence electrons. The topological polar surface area (TPSA) is 70.0 Å². The molecule has 0 radical (unpaired) electrons. The molecule has 0 aliphatic rings. The summed E-state index contributed by atoms with van der Waals surface area (Å²) in [5, 5.41) is 19.1. The number of hydrogen-bond donors (Lipinski definition) is 1. The van der Waals surface area contributed by atoms with Crippen LogP contribution in [0.2, 0.25) is 0 Å². The van der Waals surface area contributed by atoms with E-state index in [1.165, 1.54) is 0 Å². The number of aromatic nitrogens is 1. The van der Waals surface area contributed by atoms with E-state index in [2.05, 4.69) is 11.1 Å². The number of phenolic OH excluding ortho intramolecular Hbond substituents is 1. The van der Waals surface area contributed by atoms with Crippen LogP contribution in [0.4, 0.5) is 0 Å². The summed E-state index contributed by atoms with van der Waals surface area (Å²) >= 11 is 0. The normalized spacial score (nSPS) is 11.6. The Morgan fingerprint density at radius 1 is 1.44 bits per heavy atom. The van der Waals surface area contributed by atoms with Crippen LogP contribution in [0.3, 0.4) is 0 Å². The third kappa shape index (κ3) is 1.41. The highest BCUT2D eigenvalue weighted by Crippen LogP contribution is 2.36. The molecule has 0 aliphatic carbocycles. The van der Waals surface area contributed by atoms with Crippen LogP contribution in [0.25, 0.3) is 11.1 Å². The molecule has 0 aliphatic heterocycles. The van der Waals surface area contributed by atoms with Gasteiger partial charge < -0.3 is 9.52 Å². The van der Waals surface area contributed by atoms with Crippen LogP contribution in [0.1, 0.15) is 25.3 Å². The standard InChI is InChI=1S/C12H12N2O2/c1-7-14-9-5-4-8(12(2,3)6-13)10(15)11(9)16-7/h4-5,15H,1-3H3. The Morgan fingerprint density at radius 2 is 2.12 bits per heavy atom. The van der Waals surface area contributed by atoms with Crippen LogP contribution in [-0.2, 0) is 5.41 Å². The van der Waals surface area contributed by atoms with Gasteiger partial charge in [0.15, 0.2) is 17.2 Å². The summed E-state index contributed by atoms with van der Waals surface area (Å²) in [4.78, 5) is 4.11. The Labute approximate surface area is 93.1 Å². The number of fused-ring (bicyclic) bond motifs is 1. The molecule has 2 rings (SSSR count). The molecule has 16 heavy (non-hydrogen) atoms. The smallest absolute Gasteiger partial charge is 0.196 e. The van der Waals surface area contributed by atoms with E-state index in [0.717, 1.165) is 0 Å². The van der Waals surface area contributed by atoms with Crippen molar-refractivity contribution >= 4 is 11.1 Å². The average molecular weight is 216 g/mol. The zero-order valence-electron chi connectivity index (χ0n) is 9.40. The van der Waals surface area contributed by atoms with Gasteiger partial charge >= 0.3 is 0 Å². The van der Waals surface area contributed by atoms with Gasteiger partial charge in [0.2, 0.25) is 0 Å². The Morgan fingerprint density at radius 3 is 2.75 bits per heavy atom. The van der Waals surface area contributed by atoms with Crippen molar-refractivity contribution in [1.82, 2.24) is 4.98 Å². The van der Waals surface area contributed by atoms with E-state index in [4.69, 9.17) is 9.68 Å². The summed E-state index contributed by atoms with van der Waals surface area (Å²) in [5.41, 5.74) is 0.753. The summed E-state index contributed by atoms with van der Waals surface area (Å²) < 4.78 is 5.31. The molecular formula is C12H12N2O2. The van der Waals surface area contributed by atoms with Gasteiger partial charge in [-0.3, -0.25) is 0 Å². The highest BCUT2D eigenvalue weighted by Gasteiger charge is 2.26. The van der Waals surface area contributed by atoms with Crippen LogP contribution in [0, 0.1) is 18.3 Å². The molecule has 1 aromatic carbocycles. The van der Waals surface area contributed by atoms with Crippen molar-refractivity contribution in [3.8, 4) is 11.8 Å². The molecule has 0 atom stereocenters. The number of aryl methyl sites for hydroxylation is 1. The monoisotopic (exact) mass is 216 g/mol. The first-order valence-electron chi connectivity index (χ1n) is 4.96. The fraction of sp³-hybridized carbons (Fsp3) is 0.333. The minimum Gasteiger partial charge on any atom is -0.504 e. The molecular weight excluding hydrogens is 204 g/mol. The van der Waals surface area contributed by atoms with E-state index in [0.29, 0.717) is 22.6 Å². The molecule has 2 aromatic rings. The largest absolute Gasteiger partial charge is 0.504 e. The van der Waals surface area contributed by atoms with E-state index in [1.807, 2.05) is 0 Å². The maximum Gasteiger partial charge on any atom is 0.196 e. The first-order valence-corrected chi connectivity index (χ1v) is 4.96. The minimum atomic E-state index is -0.751. The van der Waals surface area contributed by atoms with Gasteiger partial charge in [-0.05, 0) is 19.9 Å². The summed E-state index contributed by atoms with van der Waals surface area (Å²) in [6.07, 6.45) is 0. The molecule has 0 saturated heterocycles. The lowest BCUT2D eigenvalue weighted by atomic mass is 9.85. The summed E-state index contributed by atoms with van der Waals surface area (Å²) in [7, 11) is 0. The Bertz CT molecular complexity index is 591. The summed E-state index contributed by atoms with van der Waals surface area (Å²) in [6.45, 7) is 5.21. The molecule has 0 amide bonds. The second-order valence-electron chi connectivity index (χ2n) is 4.28. The van der Waals surface area contributed by atoms with Gasteiger partial charge in [-0.1, -0.05) is 6.07 Å². The van der Waals surface area contributed by atoms with E-state index in [9.17, 15) is 5.11 Å². The number of nitriles is 1. The zero-order chi connectivity index (χ0) is 11.9. The van der Waals surface area contributed by atoms with Crippen molar-refractivity contribution in [3.63, 3.8) is 0 Å². The van der Waals surface area contributed by atoms with Gasteiger partial charge in [-0.2, -0.15) is 5.26 Å². The highest BCUT2D eigenvalue weighted by molar-refractivity contribution is 5.81. The van der Waals surface area contributed by atoms with Gasteiger partial charge in [0.1, 0.15) is 5.52 Å². The second kappa shape index (κ2) is 3.24. The van der Waals surface area contributed by atoms with E-state index in [-0.39, 0.29) is 5.75 Å². The predicted octanol–water partition coefficient (Wildman–Crippen LogP) is 2.64. The SMILES string of the molecule is Cc1nc2ccc(C(C)(C)C#N)c(O)c2o1. The van der Waals surface area contributed by atoms with Crippen molar-refractivity contribution < 1.29 is 9.52 Å². The third-order valence-electron chi connectivity index (χ3n) is 2.59. The van der Waals surface area contributed by atoms with Gasteiger partial charge in [0.25, 0.3) is 0 Å². The Kier molecular flexibility index (Phi) is 2.13. The van der Waals surface area contributed by atoms with Crippen LogP contribution >= 0.6 is 0 Å². The molecule has 0 spiro atoms. The first-order chi connectivity index (χ1) is 7.45. The maximum atomic E-state index is 10.0. The molecule has 1 aromatic heterocycles. The number of benzene rings is 1. The molecule has 4 nitrogen and oxygen atoms in total. The quantitative estimate of drug-likeness (QED) is 0.795. The predicted molar refractivity (Wildman–Crippen MR) is 59.0 cm³/mol. The van der Waals surface area contributed by atoms with Crippen LogP contribution in [0.5, 0.6) is 5.75 Å². The van der Waals surface area contributed by atoms with Crippen LogP contribution in [-0.4, -0.2) is 10.1 Å². The van der Waals surface area contributed by atoms with Gasteiger partial charge in [-0.15, -0.1) is 0 Å². The van der Waals surface area contributed by atoms with Crippen LogP contribution < -0.4 is 0 Å². The van der Waals surface area contributed by atoms with Crippen LogP contribution in [0.15, 0.2) is 16.5 Å². The maximum absolute atomic E-state index is 10.0. The lowest BCUT2D eigenvalue weighted by Crippen LogP contribution is -2.13. The van der Waals surface area contributed by atoms with Crippen molar-refractivity contribution in [3.05, 3.63) is 23.6 Å². The first kappa shape index (κ1) is 10.5. The van der Waals surface area contributed by atoms with Gasteiger partial charge in [0.05, 0.1) is 11.5 Å². The summed E-state index contributed by atoms with van der Waals surface area (Å²) in [5.74, 6) is 0.502. The lowest BCUT2D eigenvalue weighted by molar-refractivity contribution is 0.444. The Hall–Kier alpha value is -2.02. The Balaban J connectivity index is 2.75.